The van der Waals surface area contributed by atoms with Gasteiger partial charge in [0.2, 0.25) is 0 Å². The largest absolute Gasteiger partial charge is 0.497 e. The summed E-state index contributed by atoms with van der Waals surface area (Å²) in [6.45, 7) is 3.03. The molecule has 1 amide bonds. The van der Waals surface area contributed by atoms with Gasteiger partial charge >= 0.3 is 5.97 Å². The molecule has 1 saturated heterocycles. The monoisotopic (exact) mass is 407 g/mol. The highest BCUT2D eigenvalue weighted by Crippen LogP contribution is 2.33. The van der Waals surface area contributed by atoms with Gasteiger partial charge in [-0.1, -0.05) is 49.5 Å². The molecule has 5 nitrogen and oxygen atoms in total. The first kappa shape index (κ1) is 21.4. The van der Waals surface area contributed by atoms with Crippen molar-refractivity contribution in [3.8, 4) is 5.75 Å². The lowest BCUT2D eigenvalue weighted by Gasteiger charge is -2.14. The van der Waals surface area contributed by atoms with Crippen LogP contribution < -0.4 is 4.74 Å². The van der Waals surface area contributed by atoms with E-state index in [1.165, 1.54) is 11.8 Å². The molecule has 1 aromatic rings. The summed E-state index contributed by atoms with van der Waals surface area (Å²) in [6.07, 6.45) is 5.54. The number of benzene rings is 1. The highest BCUT2D eigenvalue weighted by atomic mass is 32.2. The fourth-order valence-corrected chi connectivity index (χ4v) is 3.86. The van der Waals surface area contributed by atoms with Crippen molar-refractivity contribution in [3.63, 3.8) is 0 Å². The lowest BCUT2D eigenvalue weighted by Crippen LogP contribution is -2.29. The van der Waals surface area contributed by atoms with Crippen molar-refractivity contribution in [2.24, 2.45) is 0 Å². The number of hydrogen-bond donors (Lipinski definition) is 0. The molecule has 7 heteroatoms. The average Bonchev–Trinajstić information content (AvgIpc) is 2.93. The van der Waals surface area contributed by atoms with Crippen LogP contribution in [0.3, 0.4) is 0 Å². The lowest BCUT2D eigenvalue weighted by molar-refractivity contribution is -0.143. The first-order valence-corrected chi connectivity index (χ1v) is 10.3. The second-order valence-corrected chi connectivity index (χ2v) is 7.81. The van der Waals surface area contributed by atoms with E-state index in [2.05, 4.69) is 0 Å². The van der Waals surface area contributed by atoms with Crippen LogP contribution in [0.2, 0.25) is 0 Å². The molecule has 0 N–H and O–H groups in total. The predicted molar refractivity (Wildman–Crippen MR) is 113 cm³/mol. The van der Waals surface area contributed by atoms with Gasteiger partial charge in [0, 0.05) is 13.0 Å². The molecule has 0 aliphatic carbocycles. The summed E-state index contributed by atoms with van der Waals surface area (Å²) in [7, 11) is 1.62. The minimum absolute atomic E-state index is 0.0526. The van der Waals surface area contributed by atoms with Crippen LogP contribution in [0.25, 0.3) is 6.08 Å². The van der Waals surface area contributed by atoms with Gasteiger partial charge in [-0.15, -0.1) is 0 Å². The van der Waals surface area contributed by atoms with E-state index in [1.54, 1.807) is 12.0 Å². The molecule has 1 aliphatic rings. The topological polar surface area (TPSA) is 55.8 Å². The van der Waals surface area contributed by atoms with Crippen molar-refractivity contribution >= 4 is 46.3 Å². The Balaban J connectivity index is 1.79. The number of carbonyl (C=O) groups excluding carboxylic acids is 2. The fourth-order valence-electron chi connectivity index (χ4n) is 2.55. The van der Waals surface area contributed by atoms with E-state index in [-0.39, 0.29) is 11.9 Å². The molecule has 2 rings (SSSR count). The quantitative estimate of drug-likeness (QED) is 0.248. The Labute approximate surface area is 170 Å². The summed E-state index contributed by atoms with van der Waals surface area (Å²) in [5.74, 6) is 0.575. The number of rotatable bonds is 10. The first-order chi connectivity index (χ1) is 13.0. The lowest BCUT2D eigenvalue weighted by atomic mass is 10.2. The van der Waals surface area contributed by atoms with E-state index in [9.17, 15) is 9.59 Å². The Morgan fingerprint density at radius 3 is 2.63 bits per heavy atom. The van der Waals surface area contributed by atoms with Crippen molar-refractivity contribution in [1.82, 2.24) is 4.90 Å². The predicted octanol–water partition coefficient (Wildman–Crippen LogP) is 4.41. The molecule has 0 atom stereocenters. The zero-order valence-electron chi connectivity index (χ0n) is 15.7. The van der Waals surface area contributed by atoms with Crippen LogP contribution in [0.1, 0.15) is 44.6 Å². The van der Waals surface area contributed by atoms with E-state index in [4.69, 9.17) is 21.7 Å². The Kier molecular flexibility index (Phi) is 8.81. The molecule has 1 heterocycles. The third kappa shape index (κ3) is 6.66. The fraction of sp³-hybridized carbons (Fsp3) is 0.450. The number of thioether (sulfide) groups is 1. The van der Waals surface area contributed by atoms with Crippen LogP contribution in [0.4, 0.5) is 0 Å². The average molecular weight is 408 g/mol. The van der Waals surface area contributed by atoms with Gasteiger partial charge in [-0.05, 0) is 43.0 Å². The van der Waals surface area contributed by atoms with Crippen molar-refractivity contribution in [1.29, 1.82) is 0 Å². The zero-order valence-corrected chi connectivity index (χ0v) is 17.4. The van der Waals surface area contributed by atoms with Crippen LogP contribution in [0.5, 0.6) is 5.75 Å². The molecule has 1 fully saturated rings. The van der Waals surface area contributed by atoms with Gasteiger partial charge in [0.05, 0.1) is 18.6 Å². The van der Waals surface area contributed by atoms with Crippen LogP contribution in [0.15, 0.2) is 29.2 Å². The molecule has 0 bridgehead atoms. The summed E-state index contributed by atoms with van der Waals surface area (Å²) < 4.78 is 10.8. The van der Waals surface area contributed by atoms with Gasteiger partial charge < -0.3 is 9.47 Å². The standard InChI is InChI=1S/C20H25NO4S2/c1-3-13-25-18(22)7-5-4-6-12-21-19(23)17(27-20(21)26)14-15-8-10-16(24-2)11-9-15/h8-11,14H,3-7,12-13H2,1-2H3/b17-14-. The van der Waals surface area contributed by atoms with E-state index in [0.717, 1.165) is 37.0 Å². The van der Waals surface area contributed by atoms with Gasteiger partial charge in [0.1, 0.15) is 10.1 Å². The first-order valence-electron chi connectivity index (χ1n) is 9.10. The third-order valence-electron chi connectivity index (χ3n) is 4.02. The molecular weight excluding hydrogens is 382 g/mol. The summed E-state index contributed by atoms with van der Waals surface area (Å²) in [4.78, 5) is 26.3. The second kappa shape index (κ2) is 11.1. The van der Waals surface area contributed by atoms with E-state index in [1.807, 2.05) is 37.3 Å². The van der Waals surface area contributed by atoms with E-state index >= 15 is 0 Å². The smallest absolute Gasteiger partial charge is 0.305 e. The number of methoxy groups -OCH3 is 1. The van der Waals surface area contributed by atoms with Crippen molar-refractivity contribution in [3.05, 3.63) is 34.7 Å². The summed E-state index contributed by atoms with van der Waals surface area (Å²) in [5, 5.41) is 0. The Hall–Kier alpha value is -1.86. The van der Waals surface area contributed by atoms with Crippen LogP contribution >= 0.6 is 24.0 Å². The third-order valence-corrected chi connectivity index (χ3v) is 5.39. The SMILES string of the molecule is CCCOC(=O)CCCCCN1C(=O)/C(=C/c2ccc(OC)cc2)SC1=S. The van der Waals surface area contributed by atoms with Gasteiger partial charge in [-0.3, -0.25) is 14.5 Å². The zero-order chi connectivity index (χ0) is 19.6. The second-order valence-electron chi connectivity index (χ2n) is 6.14. The number of hydrogen-bond acceptors (Lipinski definition) is 6. The molecule has 27 heavy (non-hydrogen) atoms. The molecule has 146 valence electrons. The van der Waals surface area contributed by atoms with Gasteiger partial charge in [-0.2, -0.15) is 0 Å². The minimum atomic E-state index is -0.148. The maximum absolute atomic E-state index is 12.6. The Morgan fingerprint density at radius 2 is 1.96 bits per heavy atom. The van der Waals surface area contributed by atoms with Crippen LogP contribution in [-0.2, 0) is 14.3 Å². The molecule has 0 spiro atoms. The number of thiocarbonyl (C=S) groups is 1. The van der Waals surface area contributed by atoms with Crippen LogP contribution in [-0.4, -0.2) is 41.4 Å². The maximum atomic E-state index is 12.6. The molecule has 0 aromatic heterocycles. The van der Waals surface area contributed by atoms with Crippen LogP contribution in [0, 0.1) is 0 Å². The normalized spacial score (nSPS) is 15.5. The van der Waals surface area contributed by atoms with Gasteiger partial charge in [-0.25, -0.2) is 0 Å². The van der Waals surface area contributed by atoms with Gasteiger partial charge in [0.25, 0.3) is 5.91 Å². The van der Waals surface area contributed by atoms with Gasteiger partial charge in [0.15, 0.2) is 0 Å². The molecule has 0 radical (unpaired) electrons. The van der Waals surface area contributed by atoms with E-state index in [0.29, 0.717) is 28.8 Å². The Morgan fingerprint density at radius 1 is 1.22 bits per heavy atom. The molecule has 0 saturated carbocycles. The van der Waals surface area contributed by atoms with Crippen molar-refractivity contribution in [2.45, 2.75) is 39.0 Å². The summed E-state index contributed by atoms with van der Waals surface area (Å²) in [6, 6.07) is 7.53. The molecular formula is C20H25NO4S2. The number of carbonyl (C=O) groups is 2. The number of esters is 1. The minimum Gasteiger partial charge on any atom is -0.497 e. The number of amides is 1. The maximum Gasteiger partial charge on any atom is 0.305 e. The number of unbranched alkanes of at least 4 members (excludes halogenated alkanes) is 2. The summed E-state index contributed by atoms with van der Waals surface area (Å²) >= 11 is 6.68. The Bertz CT molecular complexity index is 700. The highest BCUT2D eigenvalue weighted by Gasteiger charge is 2.31. The molecule has 1 aliphatic heterocycles. The summed E-state index contributed by atoms with van der Waals surface area (Å²) in [5.41, 5.74) is 0.932. The molecule has 0 unspecified atom stereocenters. The number of ether oxygens (including phenoxy) is 2. The number of nitrogens with zero attached hydrogens (tertiary/aromatic N) is 1. The van der Waals surface area contributed by atoms with Crippen molar-refractivity contribution < 1.29 is 19.1 Å². The molecule has 1 aromatic carbocycles. The van der Waals surface area contributed by atoms with Crippen molar-refractivity contribution in [2.75, 3.05) is 20.3 Å². The van der Waals surface area contributed by atoms with E-state index < -0.39 is 0 Å². The highest BCUT2D eigenvalue weighted by molar-refractivity contribution is 8.26.